The van der Waals surface area contributed by atoms with Crippen LogP contribution in [0.1, 0.15) is 12.0 Å². The number of hydrogen-bond acceptors (Lipinski definition) is 1. The molecule has 0 bridgehead atoms. The van der Waals surface area contributed by atoms with Crippen molar-refractivity contribution in [2.24, 2.45) is 5.92 Å². The molecule has 1 nitrogen and oxygen atoms in total. The molecule has 0 saturated heterocycles. The lowest BCUT2D eigenvalue weighted by Crippen LogP contribution is -2.24. The first kappa shape index (κ1) is 12.6. The summed E-state index contributed by atoms with van der Waals surface area (Å²) >= 11 is 3.49. The molecule has 2 rings (SSSR count). The molecule has 0 radical (unpaired) electrons. The van der Waals surface area contributed by atoms with E-state index in [1.54, 1.807) is 7.11 Å². The van der Waals surface area contributed by atoms with Crippen LogP contribution in [0.4, 0.5) is 0 Å². The van der Waals surface area contributed by atoms with Crippen molar-refractivity contribution in [3.05, 3.63) is 58.6 Å². The van der Waals surface area contributed by atoms with Gasteiger partial charge in [0, 0.05) is 17.5 Å². The van der Waals surface area contributed by atoms with E-state index in [-0.39, 0.29) is 6.10 Å². The highest BCUT2D eigenvalue weighted by Gasteiger charge is 2.20. The normalized spacial score (nSPS) is 21.1. The lowest BCUT2D eigenvalue weighted by Gasteiger charge is -2.24. The minimum Gasteiger partial charge on any atom is -0.380 e. The van der Waals surface area contributed by atoms with E-state index in [0.717, 1.165) is 12.8 Å². The monoisotopic (exact) mass is 292 g/mol. The molecule has 1 aliphatic carbocycles. The fourth-order valence-electron chi connectivity index (χ4n) is 2.14. The minimum atomic E-state index is 0.255. The molecule has 0 aromatic heterocycles. The zero-order valence-electron chi connectivity index (χ0n) is 9.97. The highest BCUT2D eigenvalue weighted by molar-refractivity contribution is 9.11. The van der Waals surface area contributed by atoms with Gasteiger partial charge >= 0.3 is 0 Å². The maximum Gasteiger partial charge on any atom is 0.0677 e. The van der Waals surface area contributed by atoms with E-state index in [2.05, 4.69) is 58.4 Å². The zero-order chi connectivity index (χ0) is 12.1. The Bertz CT molecular complexity index is 408. The fourth-order valence-corrected chi connectivity index (χ4v) is 2.48. The number of allylic oxidation sites excluding steroid dienone is 3. The van der Waals surface area contributed by atoms with Gasteiger partial charge < -0.3 is 4.74 Å². The molecule has 0 saturated carbocycles. The molecule has 90 valence electrons. The van der Waals surface area contributed by atoms with Gasteiger partial charge in [-0.3, -0.25) is 0 Å². The quantitative estimate of drug-likeness (QED) is 0.812. The van der Waals surface area contributed by atoms with Crippen LogP contribution < -0.4 is 0 Å². The van der Waals surface area contributed by atoms with Crippen molar-refractivity contribution in [2.45, 2.75) is 18.9 Å². The van der Waals surface area contributed by atoms with Crippen LogP contribution >= 0.6 is 15.9 Å². The van der Waals surface area contributed by atoms with Gasteiger partial charge in [-0.05, 0) is 18.4 Å². The zero-order valence-corrected chi connectivity index (χ0v) is 11.6. The molecule has 1 aromatic rings. The third kappa shape index (κ3) is 3.55. The first-order valence-electron chi connectivity index (χ1n) is 5.90. The molecule has 0 amide bonds. The van der Waals surface area contributed by atoms with Gasteiger partial charge in [-0.25, -0.2) is 0 Å². The maximum atomic E-state index is 5.63. The number of hydrogen-bond donors (Lipinski definition) is 0. The highest BCUT2D eigenvalue weighted by Crippen LogP contribution is 2.25. The van der Waals surface area contributed by atoms with E-state index in [4.69, 9.17) is 4.74 Å². The van der Waals surface area contributed by atoms with E-state index >= 15 is 0 Å². The first-order chi connectivity index (χ1) is 8.29. The van der Waals surface area contributed by atoms with Crippen LogP contribution in [0.25, 0.3) is 0 Å². The summed E-state index contributed by atoms with van der Waals surface area (Å²) in [7, 11) is 1.80. The Labute approximate surface area is 111 Å². The molecule has 0 fully saturated rings. The van der Waals surface area contributed by atoms with Crippen molar-refractivity contribution in [3.8, 4) is 0 Å². The Morgan fingerprint density at radius 2 is 2.12 bits per heavy atom. The Balaban J connectivity index is 2.01. The maximum absolute atomic E-state index is 5.63. The van der Waals surface area contributed by atoms with Gasteiger partial charge in [0.15, 0.2) is 0 Å². The van der Waals surface area contributed by atoms with Crippen molar-refractivity contribution in [1.29, 1.82) is 0 Å². The number of ether oxygens (including phenoxy) is 1. The van der Waals surface area contributed by atoms with Crippen LogP contribution in [0, 0.1) is 5.92 Å². The third-order valence-electron chi connectivity index (χ3n) is 3.15. The molecule has 0 aliphatic heterocycles. The summed E-state index contributed by atoms with van der Waals surface area (Å²) in [5.41, 5.74) is 1.33. The number of methoxy groups -OCH3 is 1. The smallest absolute Gasteiger partial charge is 0.0677 e. The van der Waals surface area contributed by atoms with Gasteiger partial charge in [0.05, 0.1) is 6.10 Å². The van der Waals surface area contributed by atoms with Crippen LogP contribution in [0.5, 0.6) is 0 Å². The van der Waals surface area contributed by atoms with Crippen molar-refractivity contribution in [1.82, 2.24) is 0 Å². The average molecular weight is 293 g/mol. The SMILES string of the molecule is COC(Cc1ccccc1)C1C=CC(Br)=CC1. The predicted molar refractivity (Wildman–Crippen MR) is 75.2 cm³/mol. The molecule has 1 aromatic carbocycles. The number of halogens is 1. The Kier molecular flexibility index (Phi) is 4.57. The van der Waals surface area contributed by atoms with Gasteiger partial charge in [0.2, 0.25) is 0 Å². The van der Waals surface area contributed by atoms with E-state index in [1.165, 1.54) is 10.0 Å². The van der Waals surface area contributed by atoms with Crippen LogP contribution in [0.2, 0.25) is 0 Å². The highest BCUT2D eigenvalue weighted by atomic mass is 79.9. The number of benzene rings is 1. The van der Waals surface area contributed by atoms with Crippen molar-refractivity contribution in [2.75, 3.05) is 7.11 Å². The van der Waals surface area contributed by atoms with Crippen molar-refractivity contribution >= 4 is 15.9 Å². The van der Waals surface area contributed by atoms with Gasteiger partial charge in [0.1, 0.15) is 0 Å². The lowest BCUT2D eigenvalue weighted by molar-refractivity contribution is 0.0694. The first-order valence-corrected chi connectivity index (χ1v) is 6.69. The summed E-state index contributed by atoms with van der Waals surface area (Å²) in [4.78, 5) is 0. The second-order valence-electron chi connectivity index (χ2n) is 4.31. The Morgan fingerprint density at radius 1 is 1.35 bits per heavy atom. The third-order valence-corrected chi connectivity index (χ3v) is 3.74. The molecule has 17 heavy (non-hydrogen) atoms. The van der Waals surface area contributed by atoms with Gasteiger partial charge in [-0.15, -0.1) is 0 Å². The average Bonchev–Trinajstić information content (AvgIpc) is 2.38. The summed E-state index contributed by atoms with van der Waals surface area (Å²) in [5.74, 6) is 0.474. The summed E-state index contributed by atoms with van der Waals surface area (Å²) in [5, 5.41) is 0. The van der Waals surface area contributed by atoms with Crippen LogP contribution in [0.3, 0.4) is 0 Å². The van der Waals surface area contributed by atoms with Crippen LogP contribution in [-0.2, 0) is 11.2 Å². The molecule has 1 aliphatic rings. The molecule has 0 N–H and O–H groups in total. The van der Waals surface area contributed by atoms with Crippen molar-refractivity contribution in [3.63, 3.8) is 0 Å². The van der Waals surface area contributed by atoms with E-state index < -0.39 is 0 Å². The Hall–Kier alpha value is -0.860. The molecule has 2 heteroatoms. The molecular formula is C15H17BrO. The predicted octanol–water partition coefficient (Wildman–Crippen LogP) is 4.10. The summed E-state index contributed by atoms with van der Waals surface area (Å²) in [6.45, 7) is 0. The van der Waals surface area contributed by atoms with Gasteiger partial charge in [-0.1, -0.05) is 64.5 Å². The topological polar surface area (TPSA) is 9.23 Å². The largest absolute Gasteiger partial charge is 0.380 e. The summed E-state index contributed by atoms with van der Waals surface area (Å²) in [6, 6.07) is 10.5. The summed E-state index contributed by atoms with van der Waals surface area (Å²) in [6.07, 6.45) is 8.83. The molecular weight excluding hydrogens is 276 g/mol. The minimum absolute atomic E-state index is 0.255. The van der Waals surface area contributed by atoms with Crippen LogP contribution in [-0.4, -0.2) is 13.2 Å². The number of rotatable bonds is 4. The standard InChI is InChI=1S/C15H17BrO/c1-17-15(11-12-5-3-2-4-6-12)13-7-9-14(16)10-8-13/h2-7,9-10,13,15H,8,11H2,1H3. The molecule has 2 atom stereocenters. The van der Waals surface area contributed by atoms with E-state index in [0.29, 0.717) is 5.92 Å². The second kappa shape index (κ2) is 6.18. The van der Waals surface area contributed by atoms with Crippen LogP contribution in [0.15, 0.2) is 53.0 Å². The van der Waals surface area contributed by atoms with E-state index in [9.17, 15) is 0 Å². The van der Waals surface area contributed by atoms with E-state index in [1.807, 2.05) is 6.07 Å². The molecule has 0 spiro atoms. The molecule has 0 heterocycles. The molecule has 2 unspecified atom stereocenters. The van der Waals surface area contributed by atoms with Gasteiger partial charge in [0.25, 0.3) is 0 Å². The lowest BCUT2D eigenvalue weighted by atomic mass is 9.90. The van der Waals surface area contributed by atoms with Crippen molar-refractivity contribution < 1.29 is 4.74 Å². The second-order valence-corrected chi connectivity index (χ2v) is 5.23. The fraction of sp³-hybridized carbons (Fsp3) is 0.333. The Morgan fingerprint density at radius 3 is 2.71 bits per heavy atom. The summed E-state index contributed by atoms with van der Waals surface area (Å²) < 4.78 is 6.80. The van der Waals surface area contributed by atoms with Gasteiger partial charge in [-0.2, -0.15) is 0 Å².